The number of carbonyl (C=O) groups is 1. The summed E-state index contributed by atoms with van der Waals surface area (Å²) in [6.07, 6.45) is -0.703. The summed E-state index contributed by atoms with van der Waals surface area (Å²) in [5, 5.41) is 2.41. The highest BCUT2D eigenvalue weighted by molar-refractivity contribution is 5.85. The van der Waals surface area contributed by atoms with Crippen molar-refractivity contribution in [2.75, 3.05) is 6.54 Å². The number of halogens is 4. The second-order valence-electron chi connectivity index (χ2n) is 4.60. The van der Waals surface area contributed by atoms with Crippen LogP contribution in [0.3, 0.4) is 0 Å². The maximum atomic E-state index is 12.0. The van der Waals surface area contributed by atoms with E-state index >= 15 is 0 Å². The lowest BCUT2D eigenvalue weighted by molar-refractivity contribution is -0.154. The Balaban J connectivity index is 0.00000289. The van der Waals surface area contributed by atoms with E-state index in [1.165, 1.54) is 0 Å². The van der Waals surface area contributed by atoms with E-state index in [4.69, 9.17) is 5.73 Å². The Hall–Kier alpha value is -0.490. The molecule has 0 aliphatic heterocycles. The third-order valence-electron chi connectivity index (χ3n) is 3.18. The Kier molecular flexibility index (Phi) is 7.62. The van der Waals surface area contributed by atoms with Gasteiger partial charge in [0.15, 0.2) is 0 Å². The summed E-state index contributed by atoms with van der Waals surface area (Å²) >= 11 is 0. The zero-order valence-electron chi connectivity index (χ0n) is 10.1. The van der Waals surface area contributed by atoms with Crippen LogP contribution in [-0.4, -0.2) is 24.7 Å². The van der Waals surface area contributed by atoms with Gasteiger partial charge in [-0.15, -0.1) is 12.4 Å². The lowest BCUT2D eigenvalue weighted by Gasteiger charge is -2.30. The second kappa shape index (κ2) is 7.84. The van der Waals surface area contributed by atoms with Gasteiger partial charge in [-0.3, -0.25) is 4.79 Å². The Morgan fingerprint density at radius 3 is 2.28 bits per heavy atom. The standard InChI is InChI=1S/C11H19F3N2O.ClH/c12-11(13,14)6-10(17)16-9(7-15)8-4-2-1-3-5-8;/h8-9H,1-7,15H2,(H,16,17);1H. The molecule has 1 rings (SSSR count). The van der Waals surface area contributed by atoms with Gasteiger partial charge >= 0.3 is 6.18 Å². The molecule has 0 bridgehead atoms. The molecule has 108 valence electrons. The molecule has 3 nitrogen and oxygen atoms in total. The van der Waals surface area contributed by atoms with Gasteiger partial charge in [0.25, 0.3) is 0 Å². The molecule has 18 heavy (non-hydrogen) atoms. The average molecular weight is 289 g/mol. The number of carbonyl (C=O) groups excluding carboxylic acids is 1. The minimum Gasteiger partial charge on any atom is -0.352 e. The van der Waals surface area contributed by atoms with Crippen molar-refractivity contribution in [3.8, 4) is 0 Å². The Labute approximate surface area is 111 Å². The van der Waals surface area contributed by atoms with Crippen LogP contribution in [0.5, 0.6) is 0 Å². The van der Waals surface area contributed by atoms with Gasteiger partial charge in [0.05, 0.1) is 0 Å². The molecule has 7 heteroatoms. The number of alkyl halides is 3. The molecule has 1 atom stereocenters. The summed E-state index contributed by atoms with van der Waals surface area (Å²) in [6.45, 7) is 0.203. The van der Waals surface area contributed by atoms with Crippen molar-refractivity contribution in [2.24, 2.45) is 11.7 Å². The molecule has 1 aliphatic rings. The highest BCUT2D eigenvalue weighted by Crippen LogP contribution is 2.26. The quantitative estimate of drug-likeness (QED) is 0.834. The lowest BCUT2D eigenvalue weighted by atomic mass is 9.84. The molecule has 0 spiro atoms. The summed E-state index contributed by atoms with van der Waals surface area (Å²) in [7, 11) is 0. The number of rotatable bonds is 4. The number of nitrogens with one attached hydrogen (secondary N) is 1. The van der Waals surface area contributed by atoms with E-state index in [9.17, 15) is 18.0 Å². The predicted molar refractivity (Wildman–Crippen MR) is 65.5 cm³/mol. The van der Waals surface area contributed by atoms with Crippen LogP contribution in [0.15, 0.2) is 0 Å². The van der Waals surface area contributed by atoms with Gasteiger partial charge in [-0.05, 0) is 18.8 Å². The molecule has 1 amide bonds. The lowest BCUT2D eigenvalue weighted by Crippen LogP contribution is -2.46. The number of nitrogens with two attached hydrogens (primary N) is 1. The van der Waals surface area contributed by atoms with E-state index in [1.54, 1.807) is 0 Å². The van der Waals surface area contributed by atoms with Crippen LogP contribution in [0.1, 0.15) is 38.5 Å². The summed E-state index contributed by atoms with van der Waals surface area (Å²) in [5.41, 5.74) is 5.52. The topological polar surface area (TPSA) is 55.1 Å². The maximum Gasteiger partial charge on any atom is 0.397 e. The van der Waals surface area contributed by atoms with Crippen molar-refractivity contribution >= 4 is 18.3 Å². The first-order valence-electron chi connectivity index (χ1n) is 5.98. The molecular formula is C11H20ClF3N2O. The first-order valence-corrected chi connectivity index (χ1v) is 5.98. The monoisotopic (exact) mass is 288 g/mol. The molecule has 1 fully saturated rings. The zero-order chi connectivity index (χ0) is 12.9. The van der Waals surface area contributed by atoms with Gasteiger partial charge in [-0.2, -0.15) is 13.2 Å². The highest BCUT2D eigenvalue weighted by Gasteiger charge is 2.33. The fourth-order valence-corrected chi connectivity index (χ4v) is 2.35. The van der Waals surface area contributed by atoms with E-state index in [2.05, 4.69) is 5.32 Å². The largest absolute Gasteiger partial charge is 0.397 e. The van der Waals surface area contributed by atoms with Crippen LogP contribution in [0.2, 0.25) is 0 Å². The normalized spacial score (nSPS) is 18.9. The molecule has 0 radical (unpaired) electrons. The van der Waals surface area contributed by atoms with Crippen LogP contribution in [0.25, 0.3) is 0 Å². The van der Waals surface area contributed by atoms with Crippen LogP contribution in [0, 0.1) is 5.92 Å². The molecule has 1 saturated carbocycles. The highest BCUT2D eigenvalue weighted by atomic mass is 35.5. The number of hydrogen-bond acceptors (Lipinski definition) is 2. The predicted octanol–water partition coefficient (Wildman–Crippen LogP) is 2.38. The van der Waals surface area contributed by atoms with Crippen LogP contribution < -0.4 is 11.1 Å². The Morgan fingerprint density at radius 1 is 1.28 bits per heavy atom. The molecule has 0 aromatic heterocycles. The molecule has 3 N–H and O–H groups in total. The maximum absolute atomic E-state index is 12.0. The van der Waals surface area contributed by atoms with E-state index < -0.39 is 18.5 Å². The zero-order valence-corrected chi connectivity index (χ0v) is 10.9. The molecule has 0 aromatic rings. The van der Waals surface area contributed by atoms with Crippen molar-refractivity contribution in [3.05, 3.63) is 0 Å². The minimum absolute atomic E-state index is 0. The third-order valence-corrected chi connectivity index (χ3v) is 3.18. The SMILES string of the molecule is Cl.NCC(NC(=O)CC(F)(F)F)C1CCCCC1. The van der Waals surface area contributed by atoms with Crippen LogP contribution in [-0.2, 0) is 4.79 Å². The molecule has 0 aromatic carbocycles. The number of hydrogen-bond donors (Lipinski definition) is 2. The molecule has 0 saturated heterocycles. The van der Waals surface area contributed by atoms with Crippen molar-refractivity contribution < 1.29 is 18.0 Å². The van der Waals surface area contributed by atoms with Crippen LogP contribution >= 0.6 is 12.4 Å². The van der Waals surface area contributed by atoms with Crippen molar-refractivity contribution in [1.29, 1.82) is 0 Å². The Morgan fingerprint density at radius 2 is 1.83 bits per heavy atom. The van der Waals surface area contributed by atoms with E-state index in [1.807, 2.05) is 0 Å². The minimum atomic E-state index is -4.45. The summed E-state index contributed by atoms with van der Waals surface area (Å²) < 4.78 is 36.0. The number of amides is 1. The van der Waals surface area contributed by atoms with Gasteiger partial charge < -0.3 is 11.1 Å². The van der Waals surface area contributed by atoms with E-state index in [0.29, 0.717) is 0 Å². The second-order valence-corrected chi connectivity index (χ2v) is 4.60. The average Bonchev–Trinajstić information content (AvgIpc) is 2.24. The summed E-state index contributed by atoms with van der Waals surface area (Å²) in [6, 6.07) is -0.315. The molecule has 1 unspecified atom stereocenters. The van der Waals surface area contributed by atoms with Gasteiger partial charge in [0, 0.05) is 12.6 Å². The summed E-state index contributed by atoms with van der Waals surface area (Å²) in [5.74, 6) is -0.746. The van der Waals surface area contributed by atoms with Gasteiger partial charge in [-0.25, -0.2) is 0 Å². The van der Waals surface area contributed by atoms with Gasteiger partial charge in [0.1, 0.15) is 6.42 Å². The molecule has 1 aliphatic carbocycles. The summed E-state index contributed by atoms with van der Waals surface area (Å²) in [4.78, 5) is 11.2. The fraction of sp³-hybridized carbons (Fsp3) is 0.909. The van der Waals surface area contributed by atoms with Crippen molar-refractivity contribution in [2.45, 2.75) is 50.7 Å². The molecular weight excluding hydrogens is 269 g/mol. The Bertz CT molecular complexity index is 255. The first kappa shape index (κ1) is 17.5. The van der Waals surface area contributed by atoms with Gasteiger partial charge in [-0.1, -0.05) is 19.3 Å². The molecule has 0 heterocycles. The fourth-order valence-electron chi connectivity index (χ4n) is 2.35. The first-order chi connectivity index (χ1) is 7.92. The third kappa shape index (κ3) is 6.44. The van der Waals surface area contributed by atoms with Crippen molar-refractivity contribution in [3.63, 3.8) is 0 Å². The smallest absolute Gasteiger partial charge is 0.352 e. The van der Waals surface area contributed by atoms with E-state index in [-0.39, 0.29) is 30.9 Å². The van der Waals surface area contributed by atoms with Gasteiger partial charge in [0.2, 0.25) is 5.91 Å². The van der Waals surface area contributed by atoms with Crippen molar-refractivity contribution in [1.82, 2.24) is 5.32 Å². The van der Waals surface area contributed by atoms with Crippen LogP contribution in [0.4, 0.5) is 13.2 Å². The van der Waals surface area contributed by atoms with E-state index in [0.717, 1.165) is 32.1 Å².